The average Bonchev–Trinajstić information content (AvgIpc) is 2.62. The molecule has 0 unspecified atom stereocenters. The summed E-state index contributed by atoms with van der Waals surface area (Å²) in [5.41, 5.74) is 2.89. The molecule has 0 aliphatic carbocycles. The van der Waals surface area contributed by atoms with E-state index in [9.17, 15) is 9.59 Å². The van der Waals surface area contributed by atoms with Crippen molar-refractivity contribution in [1.82, 2.24) is 0 Å². The zero-order valence-electron chi connectivity index (χ0n) is 14.7. The standard InChI is InChI=1S/C20H22ClN3O2/c1-14(25)22-17-8-5-15(6-9-17)20(26)23-18-13-16(21)7-10-19(18)24-11-3-2-4-12-24/h5-10,13H,2-4,11-12H2,1H3,(H,22,25)(H,23,26). The van der Waals surface area contributed by atoms with Gasteiger partial charge in [0.05, 0.1) is 11.4 Å². The maximum absolute atomic E-state index is 12.6. The van der Waals surface area contributed by atoms with Crippen molar-refractivity contribution in [2.75, 3.05) is 28.6 Å². The highest BCUT2D eigenvalue weighted by Crippen LogP contribution is 2.31. The maximum atomic E-state index is 12.6. The van der Waals surface area contributed by atoms with Gasteiger partial charge in [-0.3, -0.25) is 9.59 Å². The molecule has 26 heavy (non-hydrogen) atoms. The van der Waals surface area contributed by atoms with Crippen molar-refractivity contribution in [1.29, 1.82) is 0 Å². The van der Waals surface area contributed by atoms with Crippen LogP contribution >= 0.6 is 11.6 Å². The summed E-state index contributed by atoms with van der Waals surface area (Å²) in [6.07, 6.45) is 3.55. The smallest absolute Gasteiger partial charge is 0.255 e. The number of carbonyl (C=O) groups is 2. The number of halogens is 1. The van der Waals surface area contributed by atoms with Gasteiger partial charge < -0.3 is 15.5 Å². The van der Waals surface area contributed by atoms with E-state index in [1.165, 1.54) is 13.3 Å². The van der Waals surface area contributed by atoms with Gasteiger partial charge in [-0.05, 0) is 61.7 Å². The van der Waals surface area contributed by atoms with E-state index in [-0.39, 0.29) is 11.8 Å². The molecule has 0 aromatic heterocycles. The van der Waals surface area contributed by atoms with Gasteiger partial charge >= 0.3 is 0 Å². The highest BCUT2D eigenvalue weighted by Gasteiger charge is 2.17. The number of benzene rings is 2. The van der Waals surface area contributed by atoms with Crippen molar-refractivity contribution >= 4 is 40.5 Å². The van der Waals surface area contributed by atoms with Crippen LogP contribution in [0.4, 0.5) is 17.1 Å². The molecule has 3 rings (SSSR count). The molecule has 1 heterocycles. The second-order valence-corrected chi connectivity index (χ2v) is 6.86. The monoisotopic (exact) mass is 371 g/mol. The molecule has 0 atom stereocenters. The predicted octanol–water partition coefficient (Wildman–Crippen LogP) is 4.54. The lowest BCUT2D eigenvalue weighted by Crippen LogP contribution is -2.30. The fourth-order valence-corrected chi connectivity index (χ4v) is 3.29. The first-order valence-corrected chi connectivity index (χ1v) is 9.14. The Morgan fingerprint density at radius 2 is 1.65 bits per heavy atom. The number of piperidine rings is 1. The number of nitrogens with zero attached hydrogens (tertiary/aromatic N) is 1. The molecule has 0 bridgehead atoms. The van der Waals surface area contributed by atoms with Gasteiger partial charge in [0, 0.05) is 36.3 Å². The number of rotatable bonds is 4. The van der Waals surface area contributed by atoms with Crippen molar-refractivity contribution < 1.29 is 9.59 Å². The molecule has 1 aliphatic rings. The Hall–Kier alpha value is -2.53. The Bertz CT molecular complexity index is 799. The van der Waals surface area contributed by atoms with E-state index in [1.54, 1.807) is 30.3 Å². The Morgan fingerprint density at radius 3 is 2.31 bits per heavy atom. The minimum atomic E-state index is -0.208. The number of hydrogen-bond donors (Lipinski definition) is 2. The lowest BCUT2D eigenvalue weighted by atomic mass is 10.1. The molecule has 2 aromatic rings. The van der Waals surface area contributed by atoms with E-state index in [0.29, 0.717) is 16.3 Å². The average molecular weight is 372 g/mol. The van der Waals surface area contributed by atoms with Crippen LogP contribution in [0, 0.1) is 0 Å². The quantitative estimate of drug-likeness (QED) is 0.829. The number of nitrogens with one attached hydrogen (secondary N) is 2. The third-order valence-corrected chi connectivity index (χ3v) is 4.61. The molecule has 2 aromatic carbocycles. The van der Waals surface area contributed by atoms with E-state index in [0.717, 1.165) is 37.3 Å². The minimum absolute atomic E-state index is 0.146. The van der Waals surface area contributed by atoms with Crippen LogP contribution in [-0.2, 0) is 4.79 Å². The summed E-state index contributed by atoms with van der Waals surface area (Å²) in [5, 5.41) is 6.24. The topological polar surface area (TPSA) is 61.4 Å². The minimum Gasteiger partial charge on any atom is -0.370 e. The van der Waals surface area contributed by atoms with Gasteiger partial charge in [-0.2, -0.15) is 0 Å². The third-order valence-electron chi connectivity index (χ3n) is 4.37. The largest absolute Gasteiger partial charge is 0.370 e. The summed E-state index contributed by atoms with van der Waals surface area (Å²) in [6, 6.07) is 12.4. The zero-order valence-corrected chi connectivity index (χ0v) is 15.5. The van der Waals surface area contributed by atoms with Crippen LogP contribution in [0.5, 0.6) is 0 Å². The molecule has 0 saturated carbocycles. The fraction of sp³-hybridized carbons (Fsp3) is 0.300. The van der Waals surface area contributed by atoms with Gasteiger partial charge in [-0.15, -0.1) is 0 Å². The van der Waals surface area contributed by atoms with Gasteiger partial charge in [0.25, 0.3) is 5.91 Å². The molecular formula is C20H22ClN3O2. The van der Waals surface area contributed by atoms with Crippen molar-refractivity contribution in [3.05, 3.63) is 53.1 Å². The van der Waals surface area contributed by atoms with Gasteiger partial charge in [0.1, 0.15) is 0 Å². The van der Waals surface area contributed by atoms with Crippen molar-refractivity contribution in [2.45, 2.75) is 26.2 Å². The summed E-state index contributed by atoms with van der Waals surface area (Å²) in [7, 11) is 0. The summed E-state index contributed by atoms with van der Waals surface area (Å²) in [5.74, 6) is -0.354. The van der Waals surface area contributed by atoms with Crippen LogP contribution in [0.2, 0.25) is 5.02 Å². The van der Waals surface area contributed by atoms with Crippen LogP contribution in [0.3, 0.4) is 0 Å². The molecule has 6 heteroatoms. The predicted molar refractivity (Wildman–Crippen MR) is 106 cm³/mol. The number of carbonyl (C=O) groups excluding carboxylic acids is 2. The summed E-state index contributed by atoms with van der Waals surface area (Å²) < 4.78 is 0. The van der Waals surface area contributed by atoms with E-state index in [4.69, 9.17) is 11.6 Å². The van der Waals surface area contributed by atoms with E-state index in [1.807, 2.05) is 12.1 Å². The van der Waals surface area contributed by atoms with E-state index >= 15 is 0 Å². The van der Waals surface area contributed by atoms with Crippen LogP contribution < -0.4 is 15.5 Å². The number of anilines is 3. The highest BCUT2D eigenvalue weighted by atomic mass is 35.5. The highest BCUT2D eigenvalue weighted by molar-refractivity contribution is 6.31. The molecule has 0 radical (unpaired) electrons. The Kier molecular flexibility index (Phi) is 5.78. The number of hydrogen-bond acceptors (Lipinski definition) is 3. The van der Waals surface area contributed by atoms with Gasteiger partial charge in [-0.25, -0.2) is 0 Å². The van der Waals surface area contributed by atoms with E-state index in [2.05, 4.69) is 15.5 Å². The Morgan fingerprint density at radius 1 is 0.962 bits per heavy atom. The molecule has 136 valence electrons. The van der Waals surface area contributed by atoms with Crippen LogP contribution in [0.15, 0.2) is 42.5 Å². The molecule has 2 amide bonds. The maximum Gasteiger partial charge on any atom is 0.255 e. The van der Waals surface area contributed by atoms with Crippen molar-refractivity contribution in [3.8, 4) is 0 Å². The normalized spacial score (nSPS) is 14.0. The molecule has 1 aliphatic heterocycles. The lowest BCUT2D eigenvalue weighted by Gasteiger charge is -2.30. The zero-order chi connectivity index (χ0) is 18.5. The number of amides is 2. The lowest BCUT2D eigenvalue weighted by molar-refractivity contribution is -0.114. The molecule has 5 nitrogen and oxygen atoms in total. The molecule has 0 spiro atoms. The fourth-order valence-electron chi connectivity index (χ4n) is 3.12. The first kappa shape index (κ1) is 18.3. The second-order valence-electron chi connectivity index (χ2n) is 6.42. The second kappa shape index (κ2) is 8.23. The van der Waals surface area contributed by atoms with Gasteiger partial charge in [-0.1, -0.05) is 11.6 Å². The Balaban J connectivity index is 1.78. The van der Waals surface area contributed by atoms with Gasteiger partial charge in [0.15, 0.2) is 0 Å². The Labute approximate surface area is 158 Å². The SMILES string of the molecule is CC(=O)Nc1ccc(C(=O)Nc2cc(Cl)ccc2N2CCCCC2)cc1. The van der Waals surface area contributed by atoms with Crippen LogP contribution in [0.25, 0.3) is 0 Å². The first-order valence-electron chi connectivity index (χ1n) is 8.76. The van der Waals surface area contributed by atoms with Crippen LogP contribution in [-0.4, -0.2) is 24.9 Å². The molecule has 1 saturated heterocycles. The summed E-state index contributed by atoms with van der Waals surface area (Å²) in [6.45, 7) is 3.41. The van der Waals surface area contributed by atoms with Crippen LogP contribution in [0.1, 0.15) is 36.5 Å². The van der Waals surface area contributed by atoms with Crippen molar-refractivity contribution in [2.24, 2.45) is 0 Å². The molecule has 2 N–H and O–H groups in total. The third kappa shape index (κ3) is 4.55. The summed E-state index contributed by atoms with van der Waals surface area (Å²) >= 11 is 6.14. The van der Waals surface area contributed by atoms with Gasteiger partial charge in [0.2, 0.25) is 5.91 Å². The van der Waals surface area contributed by atoms with Crippen molar-refractivity contribution in [3.63, 3.8) is 0 Å². The molecular weight excluding hydrogens is 350 g/mol. The first-order chi connectivity index (χ1) is 12.5. The van der Waals surface area contributed by atoms with E-state index < -0.39 is 0 Å². The summed E-state index contributed by atoms with van der Waals surface area (Å²) in [4.78, 5) is 26.0. The molecule has 1 fully saturated rings.